The minimum absolute atomic E-state index is 0.814. The van der Waals surface area contributed by atoms with E-state index in [0.717, 1.165) is 29.0 Å². The lowest BCUT2D eigenvalue weighted by atomic mass is 10.0. The normalized spacial score (nSPS) is 13.2. The summed E-state index contributed by atoms with van der Waals surface area (Å²) in [6, 6.07) is 20.4. The van der Waals surface area contributed by atoms with Crippen molar-refractivity contribution in [2.45, 2.75) is 20.3 Å². The molecule has 2 aromatic rings. The SMILES string of the molecule is CC.c1ccc(C2=NN=C(c3ccccc3)C2)cc1. The van der Waals surface area contributed by atoms with Crippen molar-refractivity contribution >= 4 is 11.4 Å². The van der Waals surface area contributed by atoms with Crippen LogP contribution in [0.25, 0.3) is 0 Å². The van der Waals surface area contributed by atoms with Crippen molar-refractivity contribution in [1.29, 1.82) is 0 Å². The van der Waals surface area contributed by atoms with Crippen molar-refractivity contribution in [3.63, 3.8) is 0 Å². The Kier molecular flexibility index (Phi) is 4.62. The lowest BCUT2D eigenvalue weighted by Crippen LogP contribution is -2.04. The van der Waals surface area contributed by atoms with E-state index < -0.39 is 0 Å². The van der Waals surface area contributed by atoms with Gasteiger partial charge < -0.3 is 0 Å². The van der Waals surface area contributed by atoms with Gasteiger partial charge in [0, 0.05) is 6.42 Å². The Labute approximate surface area is 114 Å². The fourth-order valence-electron chi connectivity index (χ4n) is 1.93. The van der Waals surface area contributed by atoms with Gasteiger partial charge in [0.05, 0.1) is 11.4 Å². The Morgan fingerprint density at radius 3 is 1.37 bits per heavy atom. The van der Waals surface area contributed by atoms with Crippen LogP contribution in [0.2, 0.25) is 0 Å². The van der Waals surface area contributed by atoms with E-state index in [9.17, 15) is 0 Å². The van der Waals surface area contributed by atoms with Crippen molar-refractivity contribution in [3.05, 3.63) is 71.8 Å². The van der Waals surface area contributed by atoms with Gasteiger partial charge in [0.15, 0.2) is 0 Å². The molecule has 1 aliphatic heterocycles. The minimum atomic E-state index is 0.814. The quantitative estimate of drug-likeness (QED) is 0.758. The molecule has 96 valence electrons. The molecule has 0 saturated carbocycles. The summed E-state index contributed by atoms with van der Waals surface area (Å²) >= 11 is 0. The maximum Gasteiger partial charge on any atom is 0.0763 e. The molecule has 0 radical (unpaired) electrons. The highest BCUT2D eigenvalue weighted by Gasteiger charge is 2.15. The van der Waals surface area contributed by atoms with Crippen LogP contribution in [-0.4, -0.2) is 11.4 Å². The van der Waals surface area contributed by atoms with E-state index in [0.29, 0.717) is 0 Å². The van der Waals surface area contributed by atoms with E-state index in [2.05, 4.69) is 34.5 Å². The zero-order valence-corrected chi connectivity index (χ0v) is 11.4. The van der Waals surface area contributed by atoms with Gasteiger partial charge in [-0.05, 0) is 11.1 Å². The number of hydrogen-bond acceptors (Lipinski definition) is 2. The summed E-state index contributed by atoms with van der Waals surface area (Å²) in [4.78, 5) is 0. The zero-order valence-electron chi connectivity index (χ0n) is 11.4. The molecule has 0 spiro atoms. The van der Waals surface area contributed by atoms with Crippen LogP contribution in [0, 0.1) is 0 Å². The summed E-state index contributed by atoms with van der Waals surface area (Å²) < 4.78 is 0. The molecule has 3 rings (SSSR count). The molecule has 2 heteroatoms. The molecule has 0 N–H and O–H groups in total. The third kappa shape index (κ3) is 3.16. The average Bonchev–Trinajstić information content (AvgIpc) is 3.01. The van der Waals surface area contributed by atoms with Gasteiger partial charge in [0.25, 0.3) is 0 Å². The van der Waals surface area contributed by atoms with Crippen LogP contribution in [0.1, 0.15) is 31.4 Å². The van der Waals surface area contributed by atoms with Crippen molar-refractivity contribution in [3.8, 4) is 0 Å². The maximum atomic E-state index is 4.27. The highest BCUT2D eigenvalue weighted by Crippen LogP contribution is 2.16. The van der Waals surface area contributed by atoms with Gasteiger partial charge in [-0.25, -0.2) is 0 Å². The molecule has 0 bridgehead atoms. The second-order valence-electron chi connectivity index (χ2n) is 4.00. The lowest BCUT2D eigenvalue weighted by Gasteiger charge is -2.01. The average molecular weight is 250 g/mol. The highest BCUT2D eigenvalue weighted by molar-refractivity contribution is 6.20. The molecular formula is C17H18N2. The van der Waals surface area contributed by atoms with E-state index in [4.69, 9.17) is 0 Å². The molecule has 19 heavy (non-hydrogen) atoms. The second-order valence-corrected chi connectivity index (χ2v) is 4.00. The topological polar surface area (TPSA) is 24.7 Å². The molecule has 0 aliphatic carbocycles. The lowest BCUT2D eigenvalue weighted by molar-refractivity contribution is 1.26. The van der Waals surface area contributed by atoms with Crippen LogP contribution in [0.4, 0.5) is 0 Å². The van der Waals surface area contributed by atoms with Gasteiger partial charge in [-0.2, -0.15) is 10.2 Å². The summed E-state index contributed by atoms with van der Waals surface area (Å²) in [5.74, 6) is 0. The predicted octanol–water partition coefficient (Wildman–Crippen LogP) is 4.31. The standard InChI is InChI=1S/C15H12N2.C2H6/c1-3-7-12(8-4-1)14-11-15(17-16-14)13-9-5-2-6-10-13;1-2/h1-10H,11H2;1-2H3. The van der Waals surface area contributed by atoms with Crippen LogP contribution in [0.3, 0.4) is 0 Å². The minimum Gasteiger partial charge on any atom is -0.154 e. The number of hydrogen-bond donors (Lipinski definition) is 0. The Balaban J connectivity index is 0.000000637. The van der Waals surface area contributed by atoms with Crippen LogP contribution < -0.4 is 0 Å². The first-order valence-electron chi connectivity index (χ1n) is 6.68. The molecule has 0 amide bonds. The molecule has 2 aromatic carbocycles. The smallest absolute Gasteiger partial charge is 0.0763 e. The van der Waals surface area contributed by atoms with Gasteiger partial charge in [-0.1, -0.05) is 74.5 Å². The van der Waals surface area contributed by atoms with E-state index >= 15 is 0 Å². The summed E-state index contributed by atoms with van der Waals surface area (Å²) in [7, 11) is 0. The van der Waals surface area contributed by atoms with Crippen molar-refractivity contribution in [2.24, 2.45) is 10.2 Å². The molecule has 0 fully saturated rings. The molecule has 0 atom stereocenters. The summed E-state index contributed by atoms with van der Waals surface area (Å²) in [5.41, 5.74) is 4.40. The van der Waals surface area contributed by atoms with Gasteiger partial charge in [-0.3, -0.25) is 0 Å². The molecule has 0 aromatic heterocycles. The Morgan fingerprint density at radius 2 is 1.00 bits per heavy atom. The Bertz CT molecular complexity index is 515. The Hall–Kier alpha value is -2.22. The Morgan fingerprint density at radius 1 is 0.632 bits per heavy atom. The van der Waals surface area contributed by atoms with E-state index in [1.807, 2.05) is 50.2 Å². The summed E-state index contributed by atoms with van der Waals surface area (Å²) in [6.45, 7) is 4.00. The molecule has 0 unspecified atom stereocenters. The first-order chi connectivity index (χ1) is 9.43. The van der Waals surface area contributed by atoms with Crippen LogP contribution in [-0.2, 0) is 0 Å². The first kappa shape index (κ1) is 13.2. The fraction of sp³-hybridized carbons (Fsp3) is 0.176. The predicted molar refractivity (Wildman–Crippen MR) is 81.9 cm³/mol. The van der Waals surface area contributed by atoms with Crippen molar-refractivity contribution in [2.75, 3.05) is 0 Å². The van der Waals surface area contributed by atoms with Crippen LogP contribution in [0.5, 0.6) is 0 Å². The van der Waals surface area contributed by atoms with Gasteiger partial charge in [0.1, 0.15) is 0 Å². The van der Waals surface area contributed by atoms with Gasteiger partial charge in [-0.15, -0.1) is 0 Å². The molecular weight excluding hydrogens is 232 g/mol. The third-order valence-corrected chi connectivity index (χ3v) is 2.84. The molecule has 2 nitrogen and oxygen atoms in total. The molecule has 1 heterocycles. The van der Waals surface area contributed by atoms with Crippen LogP contribution in [0.15, 0.2) is 70.9 Å². The molecule has 1 aliphatic rings. The summed E-state index contributed by atoms with van der Waals surface area (Å²) in [5, 5.41) is 8.54. The molecule has 0 saturated heterocycles. The monoisotopic (exact) mass is 250 g/mol. The van der Waals surface area contributed by atoms with E-state index in [1.165, 1.54) is 0 Å². The summed E-state index contributed by atoms with van der Waals surface area (Å²) in [6.07, 6.45) is 0.814. The largest absolute Gasteiger partial charge is 0.154 e. The zero-order chi connectivity index (χ0) is 13.5. The third-order valence-electron chi connectivity index (χ3n) is 2.84. The highest BCUT2D eigenvalue weighted by atomic mass is 15.2. The number of benzene rings is 2. The first-order valence-corrected chi connectivity index (χ1v) is 6.68. The number of rotatable bonds is 2. The van der Waals surface area contributed by atoms with E-state index in [1.54, 1.807) is 0 Å². The van der Waals surface area contributed by atoms with Crippen molar-refractivity contribution in [1.82, 2.24) is 0 Å². The van der Waals surface area contributed by atoms with Crippen LogP contribution >= 0.6 is 0 Å². The maximum absolute atomic E-state index is 4.27. The van der Waals surface area contributed by atoms with Crippen molar-refractivity contribution < 1.29 is 0 Å². The van der Waals surface area contributed by atoms with Gasteiger partial charge >= 0.3 is 0 Å². The number of nitrogens with zero attached hydrogens (tertiary/aromatic N) is 2. The van der Waals surface area contributed by atoms with Gasteiger partial charge in [0.2, 0.25) is 0 Å². The fourth-order valence-corrected chi connectivity index (χ4v) is 1.93. The van der Waals surface area contributed by atoms with E-state index in [-0.39, 0.29) is 0 Å². The second kappa shape index (κ2) is 6.64.